The van der Waals surface area contributed by atoms with Crippen molar-refractivity contribution in [2.75, 3.05) is 0 Å². The van der Waals surface area contributed by atoms with Gasteiger partial charge in [0.1, 0.15) is 11.5 Å². The van der Waals surface area contributed by atoms with Crippen molar-refractivity contribution in [2.45, 2.75) is 6.42 Å². The Labute approximate surface area is 204 Å². The minimum atomic E-state index is -0.576. The van der Waals surface area contributed by atoms with Crippen LogP contribution < -0.4 is 4.74 Å². The van der Waals surface area contributed by atoms with Gasteiger partial charge in [0.05, 0.1) is 17.5 Å². The summed E-state index contributed by atoms with van der Waals surface area (Å²) < 4.78 is 5.19. The number of ketones is 2. The number of hydrogen-bond donors (Lipinski definition) is 1. The first-order valence-corrected chi connectivity index (χ1v) is 8.26. The van der Waals surface area contributed by atoms with Crippen molar-refractivity contribution in [1.29, 1.82) is 0 Å². The zero-order chi connectivity index (χ0) is 19.2. The quantitative estimate of drug-likeness (QED) is 0.225. The Morgan fingerprint density at radius 3 is 1.89 bits per heavy atom. The summed E-state index contributed by atoms with van der Waals surface area (Å²) in [5.41, 5.74) is 0.795. The molecular weight excluding hydrogens is 383 g/mol. The van der Waals surface area contributed by atoms with E-state index < -0.39 is 11.8 Å². The van der Waals surface area contributed by atoms with Gasteiger partial charge in [-0.1, -0.05) is 48.5 Å². The molecule has 5 nitrogen and oxygen atoms in total. The average molecular weight is 399 g/mol. The van der Waals surface area contributed by atoms with Crippen molar-refractivity contribution in [3.8, 4) is 11.5 Å². The van der Waals surface area contributed by atoms with Crippen LogP contribution in [0.1, 0.15) is 37.5 Å². The van der Waals surface area contributed by atoms with Crippen molar-refractivity contribution in [1.82, 2.24) is 0 Å². The van der Waals surface area contributed by atoms with E-state index in [0.29, 0.717) is 11.1 Å². The van der Waals surface area contributed by atoms with Crippen LogP contribution in [0.2, 0.25) is 0 Å². The van der Waals surface area contributed by atoms with E-state index in [1.807, 2.05) is 0 Å². The molecule has 0 amide bonds. The number of carbonyl (C=O) groups is 3. The van der Waals surface area contributed by atoms with Crippen molar-refractivity contribution < 1.29 is 24.2 Å². The molecule has 0 saturated carbocycles. The minimum absolute atomic E-state index is 0. The fourth-order valence-corrected chi connectivity index (χ4v) is 2.52. The predicted molar refractivity (Wildman–Crippen MR) is 105 cm³/mol. The Kier molecular flexibility index (Phi) is 8.29. The van der Waals surface area contributed by atoms with Crippen LogP contribution in [0.3, 0.4) is 0 Å². The minimum Gasteiger partial charge on any atom is -0.507 e. The van der Waals surface area contributed by atoms with E-state index in [1.54, 1.807) is 60.7 Å². The van der Waals surface area contributed by atoms with E-state index in [9.17, 15) is 19.5 Å². The Bertz CT molecular complexity index is 984. The smallest absolute Gasteiger partial charge is 0.343 e. The van der Waals surface area contributed by atoms with Gasteiger partial charge in [-0.05, 0) is 24.3 Å². The van der Waals surface area contributed by atoms with E-state index in [-0.39, 0.29) is 80.7 Å². The molecule has 0 aliphatic carbocycles. The third-order valence-electron chi connectivity index (χ3n) is 3.91. The fraction of sp³-hybridized carbons (Fsp3) is 0.0455. The second kappa shape index (κ2) is 10.5. The Hall–Kier alpha value is -2.09. The maximum Gasteiger partial charge on any atom is 0.343 e. The predicted octanol–water partition coefficient (Wildman–Crippen LogP) is 3.69. The molecule has 6 heteroatoms. The molecule has 0 atom stereocenters. The van der Waals surface area contributed by atoms with E-state index >= 15 is 0 Å². The van der Waals surface area contributed by atoms with E-state index in [1.165, 1.54) is 18.2 Å². The van der Waals surface area contributed by atoms with Crippen LogP contribution in [-0.4, -0.2) is 74.0 Å². The number of Topliss-reactive ketones (excluding diaryl/α,β-unsaturated/α-hetero) is 2. The normalized spacial score (nSPS) is 9.86. The van der Waals surface area contributed by atoms with Gasteiger partial charge in [-0.25, -0.2) is 4.79 Å². The number of aromatic hydroxyl groups is 1. The van der Waals surface area contributed by atoms with Gasteiger partial charge in [0, 0.05) is 63.0 Å². The molecule has 0 spiro atoms. The van der Waals surface area contributed by atoms with E-state index in [4.69, 9.17) is 4.74 Å². The molecule has 0 saturated heterocycles. The van der Waals surface area contributed by atoms with Crippen LogP contribution >= 0.6 is 0 Å². The van der Waals surface area contributed by atoms with Gasteiger partial charge < -0.3 is 9.84 Å². The second-order valence-corrected chi connectivity index (χ2v) is 5.82. The van der Waals surface area contributed by atoms with Gasteiger partial charge in [0.2, 0.25) is 0 Å². The summed E-state index contributed by atoms with van der Waals surface area (Å²) >= 11 is 0. The molecule has 0 unspecified atom stereocenters. The molecule has 1 N–H and O–H groups in total. The topological polar surface area (TPSA) is 80.7 Å². The standard InChI is InChI=1S/C22H16O5.K/c23-19(15-7-3-1-4-8-15)14-21(25)18-12-11-17(13-20(18)24)27-22(26)16-9-5-2-6-10-16;/h1-13,24H,14H2;. The number of hydrogen-bond acceptors (Lipinski definition) is 5. The third-order valence-corrected chi connectivity index (χ3v) is 3.91. The van der Waals surface area contributed by atoms with Gasteiger partial charge in [0.25, 0.3) is 0 Å². The number of phenols is 1. The maximum absolute atomic E-state index is 12.3. The molecule has 0 fully saturated rings. The number of ether oxygens (including phenoxy) is 1. The maximum atomic E-state index is 12.3. The van der Waals surface area contributed by atoms with E-state index in [0.717, 1.165) is 0 Å². The first-order valence-electron chi connectivity index (χ1n) is 8.26. The summed E-state index contributed by atoms with van der Waals surface area (Å²) in [6, 6.07) is 20.8. The van der Waals surface area contributed by atoms with Crippen molar-refractivity contribution >= 4 is 68.9 Å². The van der Waals surface area contributed by atoms with Gasteiger partial charge in [-0.3, -0.25) is 9.59 Å². The number of esters is 1. The molecule has 0 bridgehead atoms. The molecule has 0 aromatic heterocycles. The molecule has 1 radical (unpaired) electrons. The molecule has 135 valence electrons. The van der Waals surface area contributed by atoms with E-state index in [2.05, 4.69) is 0 Å². The SMILES string of the molecule is O=C(CC(=O)c1ccc(OC(=O)c2ccccc2)cc1O)c1ccccc1.[K]. The van der Waals surface area contributed by atoms with Crippen LogP contribution in [0.4, 0.5) is 0 Å². The zero-order valence-corrected chi connectivity index (χ0v) is 18.4. The number of benzene rings is 3. The summed E-state index contributed by atoms with van der Waals surface area (Å²) in [4.78, 5) is 36.5. The molecule has 3 aromatic carbocycles. The third kappa shape index (κ3) is 5.70. The molecular formula is C22H16KO5. The van der Waals surface area contributed by atoms with Gasteiger partial charge in [-0.2, -0.15) is 0 Å². The van der Waals surface area contributed by atoms with Crippen LogP contribution in [0.25, 0.3) is 0 Å². The van der Waals surface area contributed by atoms with Crippen LogP contribution in [0.15, 0.2) is 78.9 Å². The monoisotopic (exact) mass is 399 g/mol. The summed E-state index contributed by atoms with van der Waals surface area (Å²) in [7, 11) is 0. The first kappa shape index (κ1) is 22.2. The van der Waals surface area contributed by atoms with Gasteiger partial charge in [-0.15, -0.1) is 0 Å². The van der Waals surface area contributed by atoms with Crippen molar-refractivity contribution in [2.24, 2.45) is 0 Å². The Morgan fingerprint density at radius 1 is 0.750 bits per heavy atom. The van der Waals surface area contributed by atoms with Gasteiger partial charge in [0.15, 0.2) is 11.6 Å². The molecule has 0 heterocycles. The second-order valence-electron chi connectivity index (χ2n) is 5.82. The number of phenolic OH excluding ortho intramolecular Hbond substituents is 1. The molecule has 0 aliphatic rings. The number of carbonyl (C=O) groups excluding carboxylic acids is 3. The molecule has 3 aromatic rings. The molecule has 0 aliphatic heterocycles. The first-order chi connectivity index (χ1) is 13.0. The summed E-state index contributed by atoms with van der Waals surface area (Å²) in [5, 5.41) is 10.1. The fourth-order valence-electron chi connectivity index (χ4n) is 2.52. The summed E-state index contributed by atoms with van der Waals surface area (Å²) in [6.07, 6.45) is -0.360. The van der Waals surface area contributed by atoms with Crippen LogP contribution in [0, 0.1) is 0 Å². The molecule has 28 heavy (non-hydrogen) atoms. The zero-order valence-electron chi connectivity index (χ0n) is 15.3. The largest absolute Gasteiger partial charge is 0.507 e. The van der Waals surface area contributed by atoms with Crippen molar-refractivity contribution in [3.63, 3.8) is 0 Å². The van der Waals surface area contributed by atoms with Crippen molar-refractivity contribution in [3.05, 3.63) is 95.6 Å². The van der Waals surface area contributed by atoms with Crippen LogP contribution in [0.5, 0.6) is 11.5 Å². The van der Waals surface area contributed by atoms with Crippen LogP contribution in [-0.2, 0) is 0 Å². The summed E-state index contributed by atoms with van der Waals surface area (Å²) in [6.45, 7) is 0. The average Bonchev–Trinajstić information content (AvgIpc) is 2.69. The summed E-state index contributed by atoms with van der Waals surface area (Å²) in [5.74, 6) is -1.67. The Balaban J connectivity index is 0.00000280. The number of rotatable bonds is 6. The Morgan fingerprint density at radius 2 is 1.32 bits per heavy atom. The van der Waals surface area contributed by atoms with Gasteiger partial charge >= 0.3 is 5.97 Å². The molecule has 3 rings (SSSR count).